The lowest BCUT2D eigenvalue weighted by Crippen LogP contribution is -3.05. The van der Waals surface area contributed by atoms with Crippen LogP contribution in [-0.2, 0) is 0 Å². The van der Waals surface area contributed by atoms with Gasteiger partial charge in [-0.1, -0.05) is 18.2 Å². The van der Waals surface area contributed by atoms with Crippen molar-refractivity contribution in [1.82, 2.24) is 20.2 Å². The molecule has 92 valence electrons. The van der Waals surface area contributed by atoms with Crippen LogP contribution in [0.15, 0.2) is 36.5 Å². The molecule has 2 heterocycles. The fraction of sp³-hybridized carbons (Fsp3) is 0.308. The molecule has 1 aromatic heterocycles. The summed E-state index contributed by atoms with van der Waals surface area (Å²) in [7, 11) is 0. The van der Waals surface area contributed by atoms with Crippen molar-refractivity contribution in [3.8, 4) is 5.69 Å². The number of para-hydroxylation sites is 1. The van der Waals surface area contributed by atoms with E-state index in [1.807, 2.05) is 36.4 Å². The fourth-order valence-electron chi connectivity index (χ4n) is 2.24. The highest BCUT2D eigenvalue weighted by Crippen LogP contribution is 2.07. The molecule has 0 aliphatic carbocycles. The van der Waals surface area contributed by atoms with Crippen LogP contribution < -0.4 is 4.90 Å². The van der Waals surface area contributed by atoms with Crippen molar-refractivity contribution in [3.05, 3.63) is 42.4 Å². The summed E-state index contributed by atoms with van der Waals surface area (Å²) in [6.07, 6.45) is 6.79. The molecular formula is C13H16N5+. The number of nitrogens with zero attached hydrogens (tertiary/aromatic N) is 4. The summed E-state index contributed by atoms with van der Waals surface area (Å²) >= 11 is 0. The Morgan fingerprint density at radius 1 is 1.11 bits per heavy atom. The molecule has 1 aliphatic heterocycles. The molecule has 5 nitrogen and oxygen atoms in total. The van der Waals surface area contributed by atoms with E-state index in [0.29, 0.717) is 0 Å². The lowest BCUT2D eigenvalue weighted by atomic mass is 10.3. The van der Waals surface area contributed by atoms with E-state index in [0.717, 1.165) is 11.5 Å². The maximum Gasteiger partial charge on any atom is 0.185 e. The predicted octanol–water partition coefficient (Wildman–Crippen LogP) is 0.312. The van der Waals surface area contributed by atoms with Crippen LogP contribution in [0.4, 0.5) is 0 Å². The van der Waals surface area contributed by atoms with Crippen molar-refractivity contribution < 1.29 is 4.90 Å². The molecule has 0 saturated carbocycles. The van der Waals surface area contributed by atoms with Crippen molar-refractivity contribution in [2.45, 2.75) is 12.8 Å². The topological polar surface area (TPSA) is 48.0 Å². The average Bonchev–Trinajstić information content (AvgIpc) is 3.09. The van der Waals surface area contributed by atoms with Crippen LogP contribution in [0.3, 0.4) is 0 Å². The first-order valence-electron chi connectivity index (χ1n) is 6.30. The van der Waals surface area contributed by atoms with Crippen molar-refractivity contribution in [2.24, 2.45) is 0 Å². The first-order chi connectivity index (χ1) is 8.93. The van der Waals surface area contributed by atoms with E-state index < -0.39 is 0 Å². The van der Waals surface area contributed by atoms with Gasteiger partial charge < -0.3 is 4.90 Å². The summed E-state index contributed by atoms with van der Waals surface area (Å²) in [6.45, 7) is 2.42. The first-order valence-corrected chi connectivity index (χ1v) is 6.30. The van der Waals surface area contributed by atoms with Gasteiger partial charge in [-0.15, -0.1) is 5.10 Å². The molecule has 18 heavy (non-hydrogen) atoms. The third-order valence-electron chi connectivity index (χ3n) is 3.21. The molecule has 3 rings (SSSR count). The van der Waals surface area contributed by atoms with E-state index in [-0.39, 0.29) is 0 Å². The zero-order valence-corrected chi connectivity index (χ0v) is 10.2. The van der Waals surface area contributed by atoms with Crippen LogP contribution in [0, 0.1) is 0 Å². The molecule has 1 aromatic carbocycles. The molecular weight excluding hydrogens is 226 g/mol. The van der Waals surface area contributed by atoms with Crippen LogP contribution >= 0.6 is 0 Å². The Morgan fingerprint density at radius 3 is 2.67 bits per heavy atom. The minimum absolute atomic E-state index is 0.778. The van der Waals surface area contributed by atoms with Crippen LogP contribution in [0.5, 0.6) is 0 Å². The van der Waals surface area contributed by atoms with E-state index >= 15 is 0 Å². The Labute approximate surface area is 106 Å². The predicted molar refractivity (Wildman–Crippen MR) is 68.1 cm³/mol. The molecule has 0 spiro atoms. The smallest absolute Gasteiger partial charge is 0.185 e. The minimum Gasteiger partial charge on any atom is -0.309 e. The highest BCUT2D eigenvalue weighted by atomic mass is 15.5. The Bertz CT molecular complexity index is 525. The highest BCUT2D eigenvalue weighted by molar-refractivity contribution is 5.42. The molecule has 1 fully saturated rings. The number of hydrogen-bond donors (Lipinski definition) is 1. The SMILES string of the molecule is C(=C\[NH+]1CCCC1)/c1nnnn1-c1ccccc1. The number of quaternary nitrogens is 1. The van der Waals surface area contributed by atoms with Gasteiger partial charge in [0.1, 0.15) is 0 Å². The summed E-state index contributed by atoms with van der Waals surface area (Å²) in [5.74, 6) is 0.778. The second kappa shape index (κ2) is 5.10. The minimum atomic E-state index is 0.778. The number of likely N-dealkylation sites (tertiary alicyclic amines) is 1. The van der Waals surface area contributed by atoms with Gasteiger partial charge in [-0.2, -0.15) is 4.68 Å². The Morgan fingerprint density at radius 2 is 1.89 bits per heavy atom. The Hall–Kier alpha value is -2.01. The van der Waals surface area contributed by atoms with Gasteiger partial charge in [0.05, 0.1) is 25.0 Å². The van der Waals surface area contributed by atoms with Gasteiger partial charge in [0.15, 0.2) is 5.82 Å². The van der Waals surface area contributed by atoms with Crippen molar-refractivity contribution in [2.75, 3.05) is 13.1 Å². The average molecular weight is 242 g/mol. The van der Waals surface area contributed by atoms with E-state index in [2.05, 4.69) is 21.7 Å². The number of aromatic nitrogens is 4. The lowest BCUT2D eigenvalue weighted by Gasteiger charge is -2.04. The van der Waals surface area contributed by atoms with Crippen LogP contribution in [0.25, 0.3) is 11.8 Å². The fourth-order valence-corrected chi connectivity index (χ4v) is 2.24. The van der Waals surface area contributed by atoms with Gasteiger partial charge in [0.25, 0.3) is 0 Å². The normalized spacial score (nSPS) is 16.7. The Kier molecular flexibility index (Phi) is 3.14. The highest BCUT2D eigenvalue weighted by Gasteiger charge is 2.13. The summed E-state index contributed by atoms with van der Waals surface area (Å²) < 4.78 is 1.76. The van der Waals surface area contributed by atoms with Gasteiger partial charge in [-0.25, -0.2) is 0 Å². The Balaban J connectivity index is 1.83. The van der Waals surface area contributed by atoms with E-state index in [1.165, 1.54) is 30.8 Å². The molecule has 1 N–H and O–H groups in total. The number of benzene rings is 1. The lowest BCUT2D eigenvalue weighted by molar-refractivity contribution is -0.831. The molecule has 0 atom stereocenters. The monoisotopic (exact) mass is 242 g/mol. The number of tetrazole rings is 1. The molecule has 0 amide bonds. The maximum atomic E-state index is 4.06. The number of hydrogen-bond acceptors (Lipinski definition) is 3. The standard InChI is InChI=1S/C13H15N5/c1-2-6-12(7-3-1)18-13(14-15-16-18)8-11-17-9-4-5-10-17/h1-3,6-8,11H,4-5,9-10H2/p+1/b11-8+. The molecule has 0 unspecified atom stereocenters. The summed E-state index contributed by atoms with van der Waals surface area (Å²) in [6, 6.07) is 9.94. The maximum absolute atomic E-state index is 4.06. The van der Waals surface area contributed by atoms with Gasteiger partial charge >= 0.3 is 0 Å². The second-order valence-electron chi connectivity index (χ2n) is 4.48. The van der Waals surface area contributed by atoms with Crippen molar-refractivity contribution in [1.29, 1.82) is 0 Å². The molecule has 2 aromatic rings. The molecule has 1 saturated heterocycles. The molecule has 5 heteroatoms. The molecule has 0 bridgehead atoms. The van der Waals surface area contributed by atoms with Gasteiger partial charge in [0.2, 0.25) is 0 Å². The van der Waals surface area contributed by atoms with Crippen LogP contribution in [0.2, 0.25) is 0 Å². The number of rotatable bonds is 3. The van der Waals surface area contributed by atoms with Gasteiger partial charge in [0, 0.05) is 18.9 Å². The van der Waals surface area contributed by atoms with Crippen molar-refractivity contribution in [3.63, 3.8) is 0 Å². The van der Waals surface area contributed by atoms with E-state index in [1.54, 1.807) is 4.68 Å². The summed E-state index contributed by atoms with van der Waals surface area (Å²) in [4.78, 5) is 1.50. The third-order valence-corrected chi connectivity index (χ3v) is 3.21. The zero-order valence-electron chi connectivity index (χ0n) is 10.2. The van der Waals surface area contributed by atoms with Gasteiger partial charge in [-0.3, -0.25) is 0 Å². The zero-order chi connectivity index (χ0) is 12.2. The quantitative estimate of drug-likeness (QED) is 0.843. The van der Waals surface area contributed by atoms with Crippen LogP contribution in [0.1, 0.15) is 18.7 Å². The van der Waals surface area contributed by atoms with Crippen molar-refractivity contribution >= 4 is 6.08 Å². The van der Waals surface area contributed by atoms with E-state index in [4.69, 9.17) is 0 Å². The largest absolute Gasteiger partial charge is 0.309 e. The number of nitrogens with one attached hydrogen (secondary N) is 1. The molecule has 0 radical (unpaired) electrons. The third kappa shape index (κ3) is 2.31. The summed E-state index contributed by atoms with van der Waals surface area (Å²) in [5, 5.41) is 11.8. The molecule has 1 aliphatic rings. The van der Waals surface area contributed by atoms with E-state index in [9.17, 15) is 0 Å². The summed E-state index contributed by atoms with van der Waals surface area (Å²) in [5.41, 5.74) is 0.985. The second-order valence-corrected chi connectivity index (χ2v) is 4.48. The van der Waals surface area contributed by atoms with Gasteiger partial charge in [-0.05, 0) is 22.6 Å². The first kappa shape index (κ1) is 11.1. The van der Waals surface area contributed by atoms with Crippen LogP contribution in [-0.4, -0.2) is 33.3 Å².